The highest BCUT2D eigenvalue weighted by atomic mass is 16.3. The van der Waals surface area contributed by atoms with Gasteiger partial charge in [-0.1, -0.05) is 24.3 Å². The van der Waals surface area contributed by atoms with Gasteiger partial charge < -0.3 is 14.9 Å². The summed E-state index contributed by atoms with van der Waals surface area (Å²) in [6, 6.07) is 13.8. The number of phenolic OH excluding ortho intramolecular Hbond substituents is 1. The first kappa shape index (κ1) is 17.8. The average molecular weight is 380 g/mol. The molecule has 8 nitrogen and oxygen atoms in total. The Hall–Kier alpha value is -3.55. The van der Waals surface area contributed by atoms with Crippen LogP contribution in [-0.2, 0) is 11.3 Å². The molecule has 2 aromatic carbocycles. The van der Waals surface area contributed by atoms with Gasteiger partial charge in [-0.3, -0.25) is 19.1 Å². The first-order valence-corrected chi connectivity index (χ1v) is 9.07. The molecule has 2 heterocycles. The highest BCUT2D eigenvalue weighted by Gasteiger charge is 2.23. The second-order valence-electron chi connectivity index (χ2n) is 6.72. The van der Waals surface area contributed by atoms with E-state index in [4.69, 9.17) is 0 Å². The topological polar surface area (TPSA) is 98.6 Å². The Bertz CT molecular complexity index is 1140. The first-order chi connectivity index (χ1) is 13.5. The number of anilines is 1. The van der Waals surface area contributed by atoms with Gasteiger partial charge in [0, 0.05) is 26.2 Å². The van der Waals surface area contributed by atoms with E-state index < -0.39 is 11.2 Å². The van der Waals surface area contributed by atoms with Gasteiger partial charge in [-0.05, 0) is 24.3 Å². The van der Waals surface area contributed by atoms with Crippen LogP contribution in [0.25, 0.3) is 10.9 Å². The Morgan fingerprint density at radius 2 is 1.64 bits per heavy atom. The summed E-state index contributed by atoms with van der Waals surface area (Å²) in [6.07, 6.45) is 0. The van der Waals surface area contributed by atoms with Gasteiger partial charge in [0.1, 0.15) is 12.3 Å². The predicted molar refractivity (Wildman–Crippen MR) is 106 cm³/mol. The smallest absolute Gasteiger partial charge is 0.329 e. The maximum atomic E-state index is 12.8. The molecule has 2 N–H and O–H groups in total. The molecule has 1 aliphatic heterocycles. The number of hydrogen-bond donors (Lipinski definition) is 2. The molecule has 144 valence electrons. The van der Waals surface area contributed by atoms with E-state index in [2.05, 4.69) is 4.98 Å². The number of aromatic amines is 1. The van der Waals surface area contributed by atoms with E-state index in [0.29, 0.717) is 37.1 Å². The SMILES string of the molecule is O=C(Cn1c(=O)[nH]c(=O)c2ccccc21)N1CCN(c2ccccc2O)CC1. The van der Waals surface area contributed by atoms with Crippen LogP contribution in [0.4, 0.5) is 5.69 Å². The lowest BCUT2D eigenvalue weighted by molar-refractivity contribution is -0.132. The number of phenols is 1. The van der Waals surface area contributed by atoms with Gasteiger partial charge in [0.2, 0.25) is 5.91 Å². The molecular weight excluding hydrogens is 360 g/mol. The third-order valence-electron chi connectivity index (χ3n) is 5.05. The Morgan fingerprint density at radius 1 is 0.964 bits per heavy atom. The number of carbonyl (C=O) groups excluding carboxylic acids is 1. The number of fused-ring (bicyclic) bond motifs is 1. The number of aromatic hydroxyl groups is 1. The average Bonchev–Trinajstić information content (AvgIpc) is 2.71. The van der Waals surface area contributed by atoms with Crippen molar-refractivity contribution in [3.63, 3.8) is 0 Å². The summed E-state index contributed by atoms with van der Waals surface area (Å²) in [5.41, 5.74) is 0.139. The molecule has 0 bridgehead atoms. The van der Waals surface area contributed by atoms with Gasteiger partial charge in [0.05, 0.1) is 16.6 Å². The number of carbonyl (C=O) groups is 1. The van der Waals surface area contributed by atoms with Crippen LogP contribution in [0.1, 0.15) is 0 Å². The van der Waals surface area contributed by atoms with Crippen LogP contribution in [0.3, 0.4) is 0 Å². The minimum atomic E-state index is -0.593. The summed E-state index contributed by atoms with van der Waals surface area (Å²) in [4.78, 5) is 43.0. The molecular formula is C20H20N4O4. The van der Waals surface area contributed by atoms with Crippen molar-refractivity contribution in [2.45, 2.75) is 6.54 Å². The van der Waals surface area contributed by atoms with Gasteiger partial charge in [0.15, 0.2) is 0 Å². The molecule has 4 rings (SSSR count). The molecule has 28 heavy (non-hydrogen) atoms. The number of rotatable bonds is 3. The number of hydrogen-bond acceptors (Lipinski definition) is 5. The maximum Gasteiger partial charge on any atom is 0.329 e. The number of nitrogens with zero attached hydrogens (tertiary/aromatic N) is 3. The molecule has 0 radical (unpaired) electrons. The number of benzene rings is 2. The second-order valence-corrected chi connectivity index (χ2v) is 6.72. The van der Waals surface area contributed by atoms with E-state index in [-0.39, 0.29) is 18.2 Å². The predicted octanol–water partition coefficient (Wildman–Crippen LogP) is 0.744. The Labute approximate surface area is 160 Å². The molecule has 8 heteroatoms. The molecule has 1 aliphatic rings. The van der Waals surface area contributed by atoms with Gasteiger partial charge >= 0.3 is 5.69 Å². The lowest BCUT2D eigenvalue weighted by Crippen LogP contribution is -2.50. The summed E-state index contributed by atoms with van der Waals surface area (Å²) in [6.45, 7) is 2.02. The minimum Gasteiger partial charge on any atom is -0.506 e. The van der Waals surface area contributed by atoms with Crippen LogP contribution in [0.15, 0.2) is 58.1 Å². The molecule has 3 aromatic rings. The molecule has 1 saturated heterocycles. The minimum absolute atomic E-state index is 0.132. The summed E-state index contributed by atoms with van der Waals surface area (Å²) in [7, 11) is 0. The number of H-pyrrole nitrogens is 1. The quantitative estimate of drug-likeness (QED) is 0.699. The van der Waals surface area contributed by atoms with Crippen molar-refractivity contribution in [3.8, 4) is 5.75 Å². The summed E-state index contributed by atoms with van der Waals surface area (Å²) in [5, 5.41) is 10.4. The zero-order valence-corrected chi connectivity index (χ0v) is 15.2. The third kappa shape index (κ3) is 3.24. The van der Waals surface area contributed by atoms with Gasteiger partial charge in [0.25, 0.3) is 5.56 Å². The number of nitrogens with one attached hydrogen (secondary N) is 1. The third-order valence-corrected chi connectivity index (χ3v) is 5.05. The van der Waals surface area contributed by atoms with E-state index in [1.807, 2.05) is 17.0 Å². The van der Waals surface area contributed by atoms with Crippen molar-refractivity contribution in [2.24, 2.45) is 0 Å². The van der Waals surface area contributed by atoms with Gasteiger partial charge in [-0.15, -0.1) is 0 Å². The Kier molecular flexibility index (Phi) is 4.60. The molecule has 0 unspecified atom stereocenters. The van der Waals surface area contributed by atoms with Crippen molar-refractivity contribution in [2.75, 3.05) is 31.1 Å². The number of para-hydroxylation sites is 3. The highest BCUT2D eigenvalue weighted by Crippen LogP contribution is 2.27. The fourth-order valence-electron chi connectivity index (χ4n) is 3.56. The first-order valence-electron chi connectivity index (χ1n) is 9.07. The van der Waals surface area contributed by atoms with Crippen molar-refractivity contribution in [1.29, 1.82) is 0 Å². The Balaban J connectivity index is 1.50. The van der Waals surface area contributed by atoms with Crippen LogP contribution in [0, 0.1) is 0 Å². The lowest BCUT2D eigenvalue weighted by Gasteiger charge is -2.36. The van der Waals surface area contributed by atoms with Crippen LogP contribution in [0.5, 0.6) is 5.75 Å². The molecule has 0 aliphatic carbocycles. The van der Waals surface area contributed by atoms with E-state index in [0.717, 1.165) is 5.69 Å². The van der Waals surface area contributed by atoms with Crippen molar-refractivity contribution < 1.29 is 9.90 Å². The monoisotopic (exact) mass is 380 g/mol. The van der Waals surface area contributed by atoms with E-state index >= 15 is 0 Å². The maximum absolute atomic E-state index is 12.8. The van der Waals surface area contributed by atoms with Crippen molar-refractivity contribution in [1.82, 2.24) is 14.5 Å². The van der Waals surface area contributed by atoms with Gasteiger partial charge in [-0.25, -0.2) is 4.79 Å². The molecule has 1 aromatic heterocycles. The molecule has 1 amide bonds. The normalized spacial score (nSPS) is 14.4. The van der Waals surface area contributed by atoms with Crippen LogP contribution >= 0.6 is 0 Å². The van der Waals surface area contributed by atoms with Gasteiger partial charge in [-0.2, -0.15) is 0 Å². The second kappa shape index (κ2) is 7.22. The standard InChI is InChI=1S/C20H20N4O4/c25-17-8-4-3-7-16(17)22-9-11-23(12-10-22)18(26)13-24-15-6-2-1-5-14(15)19(27)21-20(24)28/h1-8,25H,9-13H2,(H,21,27,28). The Morgan fingerprint density at radius 3 is 2.39 bits per heavy atom. The van der Waals surface area contributed by atoms with Crippen LogP contribution in [-0.4, -0.2) is 51.6 Å². The fraction of sp³-hybridized carbons (Fsp3) is 0.250. The zero-order valence-electron chi connectivity index (χ0n) is 15.2. The number of piperazine rings is 1. The van der Waals surface area contributed by atoms with Crippen molar-refractivity contribution in [3.05, 3.63) is 69.4 Å². The molecule has 0 spiro atoms. The van der Waals surface area contributed by atoms with Crippen LogP contribution < -0.4 is 16.1 Å². The van der Waals surface area contributed by atoms with E-state index in [9.17, 15) is 19.5 Å². The zero-order chi connectivity index (χ0) is 19.7. The number of aromatic nitrogens is 2. The van der Waals surface area contributed by atoms with E-state index in [1.54, 1.807) is 41.3 Å². The summed E-state index contributed by atoms with van der Waals surface area (Å²) < 4.78 is 1.30. The largest absolute Gasteiger partial charge is 0.506 e. The van der Waals surface area contributed by atoms with Crippen molar-refractivity contribution >= 4 is 22.5 Å². The highest BCUT2D eigenvalue weighted by molar-refractivity contribution is 5.81. The van der Waals surface area contributed by atoms with Crippen LogP contribution in [0.2, 0.25) is 0 Å². The molecule has 0 saturated carbocycles. The summed E-state index contributed by atoms with van der Waals surface area (Å²) in [5.74, 6) is 0.0322. The number of amides is 1. The van der Waals surface area contributed by atoms with E-state index in [1.165, 1.54) is 4.57 Å². The summed E-state index contributed by atoms with van der Waals surface area (Å²) >= 11 is 0. The molecule has 0 atom stereocenters. The fourth-order valence-corrected chi connectivity index (χ4v) is 3.56. The molecule has 1 fully saturated rings. The lowest BCUT2D eigenvalue weighted by atomic mass is 10.2.